The lowest BCUT2D eigenvalue weighted by Crippen LogP contribution is -2.37. The van der Waals surface area contributed by atoms with E-state index in [1.54, 1.807) is 6.92 Å². The standard InChI is InChI=1S/C20H22N4O3/c1-13(25)19-22-16-7-6-14(12-17(16)23-19)21-20(26)15-4-2-3-5-18(15)24-8-10-27-11-9-24/h2-7,12-13,25H,8-11H2,1H3,(H,21,26)(H,22,23). The zero-order valence-corrected chi connectivity index (χ0v) is 15.1. The van der Waals surface area contributed by atoms with Crippen LogP contribution in [0.25, 0.3) is 11.0 Å². The largest absolute Gasteiger partial charge is 0.385 e. The molecule has 2 heterocycles. The first-order valence-electron chi connectivity index (χ1n) is 9.02. The number of ether oxygens (including phenoxy) is 1. The Labute approximate surface area is 157 Å². The molecule has 1 saturated heterocycles. The third-order valence-electron chi connectivity index (χ3n) is 4.65. The molecule has 3 N–H and O–H groups in total. The number of carbonyl (C=O) groups is 1. The zero-order valence-electron chi connectivity index (χ0n) is 15.1. The van der Waals surface area contributed by atoms with Gasteiger partial charge in [0.05, 0.1) is 29.8 Å². The SMILES string of the molecule is CC(O)c1nc2ccc(NC(=O)c3ccccc3N3CCOCC3)cc2[nH]1. The summed E-state index contributed by atoms with van der Waals surface area (Å²) in [5.74, 6) is 0.345. The number of para-hydroxylation sites is 1. The van der Waals surface area contributed by atoms with Crippen molar-refractivity contribution < 1.29 is 14.6 Å². The van der Waals surface area contributed by atoms with E-state index in [1.165, 1.54) is 0 Å². The first kappa shape index (κ1) is 17.5. The molecule has 0 saturated carbocycles. The number of hydrogen-bond acceptors (Lipinski definition) is 5. The Balaban J connectivity index is 1.58. The molecule has 1 atom stereocenters. The number of aliphatic hydroxyl groups is 1. The molecule has 1 aromatic heterocycles. The van der Waals surface area contributed by atoms with Crippen LogP contribution in [0.15, 0.2) is 42.5 Å². The monoisotopic (exact) mass is 366 g/mol. The van der Waals surface area contributed by atoms with Crippen molar-refractivity contribution in [3.8, 4) is 0 Å². The van der Waals surface area contributed by atoms with Gasteiger partial charge in [-0.15, -0.1) is 0 Å². The van der Waals surface area contributed by atoms with Gasteiger partial charge in [0.25, 0.3) is 5.91 Å². The quantitative estimate of drug-likeness (QED) is 0.660. The van der Waals surface area contributed by atoms with Crippen molar-refractivity contribution in [2.75, 3.05) is 36.5 Å². The first-order valence-corrected chi connectivity index (χ1v) is 9.02. The molecular formula is C20H22N4O3. The second-order valence-corrected chi connectivity index (χ2v) is 6.60. The molecule has 1 amide bonds. The number of aromatic nitrogens is 2. The highest BCUT2D eigenvalue weighted by atomic mass is 16.5. The Morgan fingerprint density at radius 2 is 2.04 bits per heavy atom. The predicted molar refractivity (Wildman–Crippen MR) is 104 cm³/mol. The number of nitrogens with zero attached hydrogens (tertiary/aromatic N) is 2. The molecule has 7 heteroatoms. The minimum Gasteiger partial charge on any atom is -0.385 e. The summed E-state index contributed by atoms with van der Waals surface area (Å²) in [7, 11) is 0. The predicted octanol–water partition coefficient (Wildman–Crippen LogP) is 2.71. The van der Waals surface area contributed by atoms with Crippen molar-refractivity contribution in [1.82, 2.24) is 9.97 Å². The van der Waals surface area contributed by atoms with Crippen LogP contribution in [-0.2, 0) is 4.74 Å². The molecule has 0 spiro atoms. The number of aromatic amines is 1. The minimum absolute atomic E-state index is 0.160. The van der Waals surface area contributed by atoms with Crippen molar-refractivity contribution in [1.29, 1.82) is 0 Å². The topological polar surface area (TPSA) is 90.5 Å². The van der Waals surface area contributed by atoms with Gasteiger partial charge in [0.1, 0.15) is 11.9 Å². The Morgan fingerprint density at radius 1 is 1.26 bits per heavy atom. The molecule has 4 rings (SSSR count). The van der Waals surface area contributed by atoms with Crippen molar-refractivity contribution in [3.05, 3.63) is 53.9 Å². The summed E-state index contributed by atoms with van der Waals surface area (Å²) in [6.45, 7) is 4.53. The number of hydrogen-bond donors (Lipinski definition) is 3. The van der Waals surface area contributed by atoms with E-state index in [9.17, 15) is 9.90 Å². The maximum absolute atomic E-state index is 12.9. The number of benzene rings is 2. The fourth-order valence-electron chi connectivity index (χ4n) is 3.25. The van der Waals surface area contributed by atoms with Gasteiger partial charge in [-0.3, -0.25) is 4.79 Å². The number of amides is 1. The summed E-state index contributed by atoms with van der Waals surface area (Å²) >= 11 is 0. The third kappa shape index (κ3) is 3.65. The van der Waals surface area contributed by atoms with Crippen LogP contribution in [0.4, 0.5) is 11.4 Å². The van der Waals surface area contributed by atoms with Gasteiger partial charge in [0, 0.05) is 24.5 Å². The van der Waals surface area contributed by atoms with Crippen LogP contribution in [0.2, 0.25) is 0 Å². The average Bonchev–Trinajstić information content (AvgIpc) is 3.12. The van der Waals surface area contributed by atoms with E-state index in [-0.39, 0.29) is 5.91 Å². The number of H-pyrrole nitrogens is 1. The van der Waals surface area contributed by atoms with Crippen molar-refractivity contribution in [2.24, 2.45) is 0 Å². The van der Waals surface area contributed by atoms with Crippen LogP contribution in [0.5, 0.6) is 0 Å². The summed E-state index contributed by atoms with van der Waals surface area (Å²) in [6.07, 6.45) is -0.671. The van der Waals surface area contributed by atoms with E-state index in [0.29, 0.717) is 30.3 Å². The number of carbonyl (C=O) groups excluding carboxylic acids is 1. The van der Waals surface area contributed by atoms with Crippen LogP contribution in [0.1, 0.15) is 29.2 Å². The molecule has 0 bridgehead atoms. The van der Waals surface area contributed by atoms with Crippen LogP contribution in [0.3, 0.4) is 0 Å². The maximum Gasteiger partial charge on any atom is 0.257 e. The molecule has 2 aromatic carbocycles. The van der Waals surface area contributed by atoms with Crippen LogP contribution in [0, 0.1) is 0 Å². The van der Waals surface area contributed by atoms with E-state index < -0.39 is 6.10 Å². The Bertz CT molecular complexity index is 961. The minimum atomic E-state index is -0.671. The molecule has 1 fully saturated rings. The molecule has 140 valence electrons. The number of aliphatic hydroxyl groups excluding tert-OH is 1. The first-order chi connectivity index (χ1) is 13.1. The number of imidazole rings is 1. The van der Waals surface area contributed by atoms with E-state index >= 15 is 0 Å². The molecule has 0 aliphatic carbocycles. The molecule has 1 unspecified atom stereocenters. The lowest BCUT2D eigenvalue weighted by molar-refractivity contribution is 0.102. The fourth-order valence-corrected chi connectivity index (χ4v) is 3.25. The molecule has 3 aromatic rings. The van der Waals surface area contributed by atoms with Crippen molar-refractivity contribution >= 4 is 28.3 Å². The van der Waals surface area contributed by atoms with Gasteiger partial charge in [0.15, 0.2) is 0 Å². The zero-order chi connectivity index (χ0) is 18.8. The smallest absolute Gasteiger partial charge is 0.257 e. The second-order valence-electron chi connectivity index (χ2n) is 6.60. The van der Waals surface area contributed by atoms with Crippen molar-refractivity contribution in [3.63, 3.8) is 0 Å². The lowest BCUT2D eigenvalue weighted by atomic mass is 10.1. The number of rotatable bonds is 4. The van der Waals surface area contributed by atoms with Gasteiger partial charge < -0.3 is 25.0 Å². The summed E-state index contributed by atoms with van der Waals surface area (Å²) in [6, 6.07) is 13.1. The summed E-state index contributed by atoms with van der Waals surface area (Å²) in [5.41, 5.74) is 3.74. The van der Waals surface area contributed by atoms with Crippen molar-refractivity contribution in [2.45, 2.75) is 13.0 Å². The van der Waals surface area contributed by atoms with Crippen LogP contribution < -0.4 is 10.2 Å². The molecule has 1 aliphatic rings. The van der Waals surface area contributed by atoms with Gasteiger partial charge in [-0.05, 0) is 37.3 Å². The number of fused-ring (bicyclic) bond motifs is 1. The third-order valence-corrected chi connectivity index (χ3v) is 4.65. The summed E-state index contributed by atoms with van der Waals surface area (Å²) < 4.78 is 5.41. The van der Waals surface area contributed by atoms with Gasteiger partial charge in [-0.25, -0.2) is 4.98 Å². The van der Waals surface area contributed by atoms with Crippen LogP contribution in [-0.4, -0.2) is 47.3 Å². The number of anilines is 2. The van der Waals surface area contributed by atoms with Gasteiger partial charge in [-0.1, -0.05) is 12.1 Å². The molecular weight excluding hydrogens is 344 g/mol. The number of morpholine rings is 1. The Kier molecular flexibility index (Phi) is 4.79. The van der Waals surface area contributed by atoms with Gasteiger partial charge in [0.2, 0.25) is 0 Å². The fraction of sp³-hybridized carbons (Fsp3) is 0.300. The Morgan fingerprint density at radius 3 is 2.81 bits per heavy atom. The lowest BCUT2D eigenvalue weighted by Gasteiger charge is -2.30. The average molecular weight is 366 g/mol. The second kappa shape index (κ2) is 7.38. The van der Waals surface area contributed by atoms with Crippen LogP contribution >= 0.6 is 0 Å². The summed E-state index contributed by atoms with van der Waals surface area (Å²) in [5, 5.41) is 12.6. The molecule has 0 radical (unpaired) electrons. The molecule has 27 heavy (non-hydrogen) atoms. The Hall–Kier alpha value is -2.90. The van der Waals surface area contributed by atoms with E-state index in [4.69, 9.17) is 4.74 Å². The van der Waals surface area contributed by atoms with E-state index in [2.05, 4.69) is 20.2 Å². The number of nitrogens with one attached hydrogen (secondary N) is 2. The normalized spacial score (nSPS) is 15.7. The van der Waals surface area contributed by atoms with Gasteiger partial charge in [-0.2, -0.15) is 0 Å². The summed E-state index contributed by atoms with van der Waals surface area (Å²) in [4.78, 5) is 22.5. The van der Waals surface area contributed by atoms with Gasteiger partial charge >= 0.3 is 0 Å². The van der Waals surface area contributed by atoms with E-state index in [0.717, 1.165) is 29.8 Å². The highest BCUT2D eigenvalue weighted by Gasteiger charge is 2.18. The molecule has 7 nitrogen and oxygen atoms in total. The highest BCUT2D eigenvalue weighted by Crippen LogP contribution is 2.24. The molecule has 1 aliphatic heterocycles. The highest BCUT2D eigenvalue weighted by molar-refractivity contribution is 6.08. The van der Waals surface area contributed by atoms with E-state index in [1.807, 2.05) is 42.5 Å². The maximum atomic E-state index is 12.9.